The Hall–Kier alpha value is -0.700. The lowest BCUT2D eigenvalue weighted by atomic mass is 10.3. The molecule has 0 spiro atoms. The average Bonchev–Trinajstić information content (AvgIpc) is 2.71. The summed E-state index contributed by atoms with van der Waals surface area (Å²) >= 11 is 1.59. The smallest absolute Gasteiger partial charge is 0.100 e. The lowest BCUT2D eigenvalue weighted by Gasteiger charge is -2.08. The van der Waals surface area contributed by atoms with Crippen LogP contribution in [0.1, 0.15) is 23.8 Å². The van der Waals surface area contributed by atoms with Gasteiger partial charge in [0.15, 0.2) is 0 Å². The van der Waals surface area contributed by atoms with Crippen molar-refractivity contribution in [3.05, 3.63) is 21.9 Å². The van der Waals surface area contributed by atoms with Crippen LogP contribution in [0, 0.1) is 11.3 Å². The van der Waals surface area contributed by atoms with Crippen LogP contribution in [0.4, 0.5) is 0 Å². The van der Waals surface area contributed by atoms with E-state index in [9.17, 15) is 4.21 Å². The van der Waals surface area contributed by atoms with E-state index in [1.165, 1.54) is 4.88 Å². The van der Waals surface area contributed by atoms with Crippen LogP contribution in [-0.4, -0.2) is 22.3 Å². The van der Waals surface area contributed by atoms with Gasteiger partial charge in [-0.05, 0) is 19.0 Å². The summed E-state index contributed by atoms with van der Waals surface area (Å²) in [6, 6.07) is 4.02. The second-order valence-electron chi connectivity index (χ2n) is 3.69. The minimum atomic E-state index is -0.736. The van der Waals surface area contributed by atoms with Gasteiger partial charge in [0, 0.05) is 39.1 Å². The highest BCUT2D eigenvalue weighted by Gasteiger charge is 2.05. The maximum absolute atomic E-state index is 11.1. The highest BCUT2D eigenvalue weighted by Crippen LogP contribution is 2.13. The summed E-state index contributed by atoms with van der Waals surface area (Å²) in [5, 5.41) is 14.1. The van der Waals surface area contributed by atoms with Gasteiger partial charge in [0.25, 0.3) is 0 Å². The van der Waals surface area contributed by atoms with Crippen molar-refractivity contribution in [1.29, 1.82) is 5.26 Å². The summed E-state index contributed by atoms with van der Waals surface area (Å²) in [4.78, 5) is 1.17. The molecule has 1 rings (SSSR count). The predicted octanol–water partition coefficient (Wildman–Crippen LogP) is 1.87. The van der Waals surface area contributed by atoms with E-state index >= 15 is 0 Å². The topological polar surface area (TPSA) is 52.9 Å². The number of rotatable bonds is 6. The first-order valence-corrected chi connectivity index (χ1v) is 7.64. The number of nitrogens with one attached hydrogen (secondary N) is 1. The lowest BCUT2D eigenvalue weighted by molar-refractivity contribution is 0.632. The summed E-state index contributed by atoms with van der Waals surface area (Å²) < 4.78 is 11.1. The Bertz CT molecular complexity index is 395. The maximum atomic E-state index is 11.1. The van der Waals surface area contributed by atoms with Crippen LogP contribution in [0.15, 0.2) is 11.4 Å². The molecule has 16 heavy (non-hydrogen) atoms. The molecule has 0 aliphatic rings. The molecule has 0 saturated carbocycles. The minimum absolute atomic E-state index is 0.241. The highest BCUT2D eigenvalue weighted by atomic mass is 32.2. The second-order valence-corrected chi connectivity index (χ2v) is 6.49. The molecule has 5 heteroatoms. The molecule has 0 aromatic carbocycles. The van der Waals surface area contributed by atoms with Crippen molar-refractivity contribution in [3.63, 3.8) is 0 Å². The van der Waals surface area contributed by atoms with Gasteiger partial charge in [0.1, 0.15) is 6.07 Å². The van der Waals surface area contributed by atoms with Crippen molar-refractivity contribution in [2.75, 3.05) is 12.8 Å². The molecule has 1 aromatic rings. The maximum Gasteiger partial charge on any atom is 0.100 e. The van der Waals surface area contributed by atoms with E-state index in [1.807, 2.05) is 18.4 Å². The standard InChI is InChI=1S/C11H16N2OS2/c1-9(16(2)14)3-4-13-7-11-5-10(6-12)8-15-11/h5,8-9,13H,3-4,7H2,1-2H3. The Morgan fingerprint density at radius 1 is 1.69 bits per heavy atom. The zero-order valence-electron chi connectivity index (χ0n) is 9.53. The van der Waals surface area contributed by atoms with Crippen molar-refractivity contribution >= 4 is 22.1 Å². The first-order chi connectivity index (χ1) is 7.63. The number of nitrogens with zero attached hydrogens (tertiary/aromatic N) is 1. The van der Waals surface area contributed by atoms with Crippen molar-refractivity contribution < 1.29 is 4.21 Å². The van der Waals surface area contributed by atoms with Crippen molar-refractivity contribution in [2.45, 2.75) is 25.1 Å². The Labute approximate surface area is 103 Å². The Balaban J connectivity index is 2.21. The van der Waals surface area contributed by atoms with E-state index in [2.05, 4.69) is 11.4 Å². The SMILES string of the molecule is CC(CCNCc1cc(C#N)cs1)S(C)=O. The fourth-order valence-corrected chi connectivity index (χ4v) is 2.44. The molecule has 0 aliphatic heterocycles. The molecule has 0 aliphatic carbocycles. The summed E-state index contributed by atoms with van der Waals surface area (Å²) in [5.74, 6) is 0. The monoisotopic (exact) mass is 256 g/mol. The van der Waals surface area contributed by atoms with Crippen molar-refractivity contribution in [3.8, 4) is 6.07 Å². The summed E-state index contributed by atoms with van der Waals surface area (Å²) in [6.07, 6.45) is 2.66. The van der Waals surface area contributed by atoms with Gasteiger partial charge in [-0.25, -0.2) is 0 Å². The molecule has 1 heterocycles. The van der Waals surface area contributed by atoms with E-state index < -0.39 is 10.8 Å². The normalized spacial score (nSPS) is 14.3. The van der Waals surface area contributed by atoms with E-state index in [-0.39, 0.29) is 5.25 Å². The molecule has 2 unspecified atom stereocenters. The molecule has 88 valence electrons. The van der Waals surface area contributed by atoms with Crippen LogP contribution in [0.3, 0.4) is 0 Å². The van der Waals surface area contributed by atoms with Crippen LogP contribution in [0.25, 0.3) is 0 Å². The largest absolute Gasteiger partial charge is 0.312 e. The van der Waals surface area contributed by atoms with Crippen LogP contribution < -0.4 is 5.32 Å². The number of hydrogen-bond donors (Lipinski definition) is 1. The molecular formula is C11H16N2OS2. The zero-order valence-corrected chi connectivity index (χ0v) is 11.2. The summed E-state index contributed by atoms with van der Waals surface area (Å²) in [7, 11) is -0.736. The molecule has 1 aromatic heterocycles. The van der Waals surface area contributed by atoms with Gasteiger partial charge >= 0.3 is 0 Å². The first kappa shape index (κ1) is 13.4. The molecule has 0 fully saturated rings. The fourth-order valence-electron chi connectivity index (χ4n) is 1.21. The van der Waals surface area contributed by atoms with Crippen LogP contribution in [0.2, 0.25) is 0 Å². The summed E-state index contributed by atoms with van der Waals surface area (Å²) in [6.45, 7) is 3.65. The average molecular weight is 256 g/mol. The minimum Gasteiger partial charge on any atom is -0.312 e. The van der Waals surface area contributed by atoms with Gasteiger partial charge in [-0.3, -0.25) is 4.21 Å². The molecule has 1 N–H and O–H groups in total. The van der Waals surface area contributed by atoms with E-state index in [4.69, 9.17) is 5.26 Å². The molecule has 2 atom stereocenters. The third-order valence-electron chi connectivity index (χ3n) is 2.38. The van der Waals surface area contributed by atoms with Gasteiger partial charge in [-0.2, -0.15) is 5.26 Å². The third kappa shape index (κ3) is 4.44. The van der Waals surface area contributed by atoms with Gasteiger partial charge in [0.2, 0.25) is 0 Å². The number of nitriles is 1. The second kappa shape index (κ2) is 6.79. The van der Waals surface area contributed by atoms with Crippen LogP contribution in [0.5, 0.6) is 0 Å². The quantitative estimate of drug-likeness (QED) is 0.791. The van der Waals surface area contributed by atoms with Crippen molar-refractivity contribution in [1.82, 2.24) is 5.32 Å². The lowest BCUT2D eigenvalue weighted by Crippen LogP contribution is -2.20. The van der Waals surface area contributed by atoms with E-state index in [0.717, 1.165) is 25.1 Å². The van der Waals surface area contributed by atoms with Gasteiger partial charge in [0.05, 0.1) is 5.56 Å². The molecule has 0 saturated heterocycles. The number of hydrogen-bond acceptors (Lipinski definition) is 4. The molecule has 3 nitrogen and oxygen atoms in total. The highest BCUT2D eigenvalue weighted by molar-refractivity contribution is 7.84. The Morgan fingerprint density at radius 2 is 2.44 bits per heavy atom. The van der Waals surface area contributed by atoms with E-state index in [0.29, 0.717) is 0 Å². The van der Waals surface area contributed by atoms with Crippen LogP contribution in [-0.2, 0) is 17.3 Å². The van der Waals surface area contributed by atoms with E-state index in [1.54, 1.807) is 17.6 Å². The Morgan fingerprint density at radius 3 is 3.00 bits per heavy atom. The van der Waals surface area contributed by atoms with Gasteiger partial charge in [-0.1, -0.05) is 6.92 Å². The van der Waals surface area contributed by atoms with Crippen LogP contribution >= 0.6 is 11.3 Å². The Kier molecular flexibility index (Phi) is 5.67. The van der Waals surface area contributed by atoms with Gasteiger partial charge in [-0.15, -0.1) is 11.3 Å². The first-order valence-electron chi connectivity index (χ1n) is 5.14. The van der Waals surface area contributed by atoms with Gasteiger partial charge < -0.3 is 5.32 Å². The molecule has 0 bridgehead atoms. The molecule has 0 amide bonds. The molecular weight excluding hydrogens is 240 g/mol. The fraction of sp³-hybridized carbons (Fsp3) is 0.545. The summed E-state index contributed by atoms with van der Waals surface area (Å²) in [5.41, 5.74) is 0.727. The van der Waals surface area contributed by atoms with Crippen molar-refractivity contribution in [2.24, 2.45) is 0 Å². The molecule has 0 radical (unpaired) electrons. The predicted molar refractivity (Wildman–Crippen MR) is 68.9 cm³/mol. The zero-order chi connectivity index (χ0) is 12.0. The third-order valence-corrected chi connectivity index (χ3v) is 4.68. The number of thiophene rings is 1.